The Morgan fingerprint density at radius 3 is 2.95 bits per heavy atom. The number of aromatic nitrogens is 1. The molecule has 0 aliphatic carbocycles. The Balaban J connectivity index is 2.24. The number of rotatable bonds is 4. The first kappa shape index (κ1) is 13.9. The lowest BCUT2D eigenvalue weighted by Gasteiger charge is -2.25. The molecule has 0 bridgehead atoms. The minimum absolute atomic E-state index is 0.00496. The number of hydrogen-bond acceptors (Lipinski definition) is 5. The Labute approximate surface area is 110 Å². The molecule has 1 aromatic heterocycles. The predicted molar refractivity (Wildman–Crippen MR) is 64.9 cm³/mol. The summed E-state index contributed by atoms with van der Waals surface area (Å²) in [5.41, 5.74) is -1.27. The molecule has 1 aliphatic heterocycles. The summed E-state index contributed by atoms with van der Waals surface area (Å²) in [7, 11) is -3.80. The van der Waals surface area contributed by atoms with Gasteiger partial charge in [0.25, 0.3) is 0 Å². The van der Waals surface area contributed by atoms with Crippen molar-refractivity contribution in [2.75, 3.05) is 13.2 Å². The van der Waals surface area contributed by atoms with E-state index in [0.29, 0.717) is 0 Å². The van der Waals surface area contributed by atoms with Gasteiger partial charge in [0, 0.05) is 12.4 Å². The summed E-state index contributed by atoms with van der Waals surface area (Å²) in [4.78, 5) is 15.0. The van der Waals surface area contributed by atoms with Crippen molar-refractivity contribution in [1.29, 1.82) is 0 Å². The Morgan fingerprint density at radius 1 is 1.63 bits per heavy atom. The van der Waals surface area contributed by atoms with Crippen LogP contribution in [0.3, 0.4) is 0 Å². The molecule has 0 spiro atoms. The lowest BCUT2D eigenvalue weighted by atomic mass is 9.86. The molecule has 1 saturated heterocycles. The third-order valence-electron chi connectivity index (χ3n) is 3.19. The molecule has 19 heavy (non-hydrogen) atoms. The van der Waals surface area contributed by atoms with Crippen molar-refractivity contribution in [1.82, 2.24) is 9.71 Å². The van der Waals surface area contributed by atoms with Gasteiger partial charge in [-0.1, -0.05) is 0 Å². The van der Waals surface area contributed by atoms with Crippen LogP contribution in [-0.4, -0.2) is 43.7 Å². The van der Waals surface area contributed by atoms with Gasteiger partial charge in [-0.05, 0) is 19.1 Å². The minimum atomic E-state index is -3.80. The molecule has 2 N–H and O–H groups in total. The highest BCUT2D eigenvalue weighted by atomic mass is 32.2. The molecular weight excluding hydrogens is 272 g/mol. The molecule has 1 aliphatic rings. The summed E-state index contributed by atoms with van der Waals surface area (Å²) in [6.07, 6.45) is 2.66. The number of pyridine rings is 1. The topological polar surface area (TPSA) is 106 Å². The first-order valence-electron chi connectivity index (χ1n) is 5.60. The van der Waals surface area contributed by atoms with Crippen LogP contribution in [-0.2, 0) is 19.6 Å². The highest BCUT2D eigenvalue weighted by Gasteiger charge is 2.48. The van der Waals surface area contributed by atoms with Crippen LogP contribution in [0, 0.1) is 5.41 Å². The third kappa shape index (κ3) is 2.60. The molecule has 1 aromatic rings. The van der Waals surface area contributed by atoms with E-state index in [-0.39, 0.29) is 18.1 Å². The van der Waals surface area contributed by atoms with E-state index in [1.165, 1.54) is 31.5 Å². The molecular formula is C11H14N2O5S. The van der Waals surface area contributed by atoms with E-state index in [9.17, 15) is 18.3 Å². The van der Waals surface area contributed by atoms with Gasteiger partial charge in [-0.3, -0.25) is 9.78 Å². The van der Waals surface area contributed by atoms with Gasteiger partial charge in [0.05, 0.1) is 19.3 Å². The fraction of sp³-hybridized carbons (Fsp3) is 0.455. The number of nitrogens with one attached hydrogen (secondary N) is 1. The van der Waals surface area contributed by atoms with E-state index in [0.717, 1.165) is 0 Å². The predicted octanol–water partition coefficient (Wildman–Crippen LogP) is -0.150. The SMILES string of the molecule is CC1(C(=O)O)COCC1NS(=O)(=O)c1cccnc1. The zero-order chi connectivity index (χ0) is 14.1. The van der Waals surface area contributed by atoms with Crippen molar-refractivity contribution in [2.24, 2.45) is 5.41 Å². The van der Waals surface area contributed by atoms with Crippen molar-refractivity contribution in [2.45, 2.75) is 17.9 Å². The minimum Gasteiger partial charge on any atom is -0.481 e. The second-order valence-electron chi connectivity index (χ2n) is 4.60. The molecule has 7 nitrogen and oxygen atoms in total. The van der Waals surface area contributed by atoms with Gasteiger partial charge in [-0.15, -0.1) is 0 Å². The van der Waals surface area contributed by atoms with Gasteiger partial charge in [-0.25, -0.2) is 13.1 Å². The number of sulfonamides is 1. The maximum absolute atomic E-state index is 12.1. The maximum atomic E-state index is 12.1. The molecule has 8 heteroatoms. The molecule has 0 radical (unpaired) electrons. The average Bonchev–Trinajstić information content (AvgIpc) is 2.73. The monoisotopic (exact) mass is 286 g/mol. The fourth-order valence-electron chi connectivity index (χ4n) is 1.81. The van der Waals surface area contributed by atoms with Gasteiger partial charge in [-0.2, -0.15) is 0 Å². The summed E-state index contributed by atoms with van der Waals surface area (Å²) in [5.74, 6) is -1.09. The smallest absolute Gasteiger partial charge is 0.313 e. The van der Waals surface area contributed by atoms with E-state index in [2.05, 4.69) is 9.71 Å². The third-order valence-corrected chi connectivity index (χ3v) is 4.64. The highest BCUT2D eigenvalue weighted by Crippen LogP contribution is 2.29. The van der Waals surface area contributed by atoms with E-state index in [1.807, 2.05) is 0 Å². The normalized spacial score (nSPS) is 27.3. The first-order valence-corrected chi connectivity index (χ1v) is 7.08. The maximum Gasteiger partial charge on any atom is 0.313 e. The van der Waals surface area contributed by atoms with Gasteiger partial charge in [0.15, 0.2) is 0 Å². The summed E-state index contributed by atoms with van der Waals surface area (Å²) >= 11 is 0. The van der Waals surface area contributed by atoms with Crippen LogP contribution in [0.15, 0.2) is 29.4 Å². The quantitative estimate of drug-likeness (QED) is 0.797. The zero-order valence-corrected chi connectivity index (χ0v) is 11.1. The number of nitrogens with zero attached hydrogens (tertiary/aromatic N) is 1. The lowest BCUT2D eigenvalue weighted by molar-refractivity contribution is -0.148. The Hall–Kier alpha value is -1.51. The number of carboxylic acids is 1. The van der Waals surface area contributed by atoms with E-state index >= 15 is 0 Å². The van der Waals surface area contributed by atoms with E-state index in [1.54, 1.807) is 0 Å². The summed E-state index contributed by atoms with van der Waals surface area (Å²) in [6, 6.07) is 2.08. The number of carboxylic acid groups (broad SMARTS) is 1. The molecule has 2 heterocycles. The number of hydrogen-bond donors (Lipinski definition) is 2. The molecule has 0 saturated carbocycles. The zero-order valence-electron chi connectivity index (χ0n) is 10.2. The second-order valence-corrected chi connectivity index (χ2v) is 6.31. The van der Waals surface area contributed by atoms with Crippen molar-refractivity contribution in [3.05, 3.63) is 24.5 Å². The highest BCUT2D eigenvalue weighted by molar-refractivity contribution is 7.89. The van der Waals surface area contributed by atoms with Crippen LogP contribution in [0.25, 0.3) is 0 Å². The van der Waals surface area contributed by atoms with Crippen LogP contribution in [0.2, 0.25) is 0 Å². The number of ether oxygens (including phenoxy) is 1. The molecule has 2 atom stereocenters. The lowest BCUT2D eigenvalue weighted by Crippen LogP contribution is -2.49. The Morgan fingerprint density at radius 2 is 2.37 bits per heavy atom. The molecule has 0 aromatic carbocycles. The van der Waals surface area contributed by atoms with Crippen LogP contribution in [0.1, 0.15) is 6.92 Å². The summed E-state index contributed by atoms with van der Waals surface area (Å²) < 4.78 is 31.7. The Bertz CT molecular complexity index is 574. The van der Waals surface area contributed by atoms with Gasteiger partial charge < -0.3 is 9.84 Å². The molecule has 1 fully saturated rings. The van der Waals surface area contributed by atoms with Crippen LogP contribution >= 0.6 is 0 Å². The molecule has 104 valence electrons. The van der Waals surface area contributed by atoms with E-state index < -0.39 is 27.4 Å². The summed E-state index contributed by atoms with van der Waals surface area (Å²) in [5, 5.41) is 9.18. The fourth-order valence-corrected chi connectivity index (χ4v) is 3.11. The van der Waals surface area contributed by atoms with Crippen LogP contribution in [0.5, 0.6) is 0 Å². The van der Waals surface area contributed by atoms with Gasteiger partial charge in [0.1, 0.15) is 10.3 Å². The summed E-state index contributed by atoms with van der Waals surface area (Å²) in [6.45, 7) is 1.46. The van der Waals surface area contributed by atoms with Crippen molar-refractivity contribution in [3.63, 3.8) is 0 Å². The first-order chi connectivity index (χ1) is 8.86. The largest absolute Gasteiger partial charge is 0.481 e. The van der Waals surface area contributed by atoms with Crippen molar-refractivity contribution in [3.8, 4) is 0 Å². The number of aliphatic carboxylic acids is 1. The van der Waals surface area contributed by atoms with E-state index in [4.69, 9.17) is 4.74 Å². The van der Waals surface area contributed by atoms with Crippen molar-refractivity contribution >= 4 is 16.0 Å². The number of carbonyl (C=O) groups is 1. The Kier molecular flexibility index (Phi) is 3.57. The standard InChI is InChI=1S/C11H14N2O5S/c1-11(10(14)15)7-18-6-9(11)13-19(16,17)8-3-2-4-12-5-8/h2-5,9,13H,6-7H2,1H3,(H,14,15). The molecule has 0 amide bonds. The van der Waals surface area contributed by atoms with Gasteiger partial charge in [0.2, 0.25) is 10.0 Å². The van der Waals surface area contributed by atoms with Gasteiger partial charge >= 0.3 is 5.97 Å². The molecule has 2 rings (SSSR count). The van der Waals surface area contributed by atoms with Crippen LogP contribution < -0.4 is 4.72 Å². The second kappa shape index (κ2) is 4.87. The molecule has 2 unspecified atom stereocenters. The average molecular weight is 286 g/mol. The van der Waals surface area contributed by atoms with Crippen molar-refractivity contribution < 1.29 is 23.1 Å². The van der Waals surface area contributed by atoms with Crippen LogP contribution in [0.4, 0.5) is 0 Å².